The number of guanidine groups is 1. The first-order valence-electron chi connectivity index (χ1n) is 9.81. The molecule has 3 rings (SSSR count). The number of benzene rings is 1. The zero-order valence-corrected chi connectivity index (χ0v) is 20.5. The zero-order chi connectivity index (χ0) is 20.4. The number of aliphatic imine (C=N–C) groups is 1. The summed E-state index contributed by atoms with van der Waals surface area (Å²) in [7, 11) is -1.38. The van der Waals surface area contributed by atoms with Crippen LogP contribution >= 0.6 is 24.0 Å². The van der Waals surface area contributed by atoms with Gasteiger partial charge < -0.3 is 15.1 Å². The van der Waals surface area contributed by atoms with Crippen molar-refractivity contribution in [3.05, 3.63) is 29.8 Å². The van der Waals surface area contributed by atoms with Crippen molar-refractivity contribution >= 4 is 51.4 Å². The number of sulfone groups is 1. The maximum atomic E-state index is 12.6. The van der Waals surface area contributed by atoms with Gasteiger partial charge in [-0.3, -0.25) is 9.79 Å². The van der Waals surface area contributed by atoms with E-state index in [0.717, 1.165) is 18.7 Å². The Morgan fingerprint density at radius 1 is 1.24 bits per heavy atom. The number of amides is 1. The molecule has 0 bridgehead atoms. The molecule has 0 aliphatic carbocycles. The number of nitrogens with one attached hydrogen (secondary N) is 1. The zero-order valence-electron chi connectivity index (χ0n) is 17.3. The molecule has 1 amide bonds. The Hall–Kier alpha value is -1.36. The van der Waals surface area contributed by atoms with Gasteiger partial charge in [0.1, 0.15) is 0 Å². The van der Waals surface area contributed by atoms with Gasteiger partial charge in [-0.05, 0) is 38.3 Å². The molecule has 162 valence electrons. The lowest BCUT2D eigenvalue weighted by Gasteiger charge is -2.39. The fourth-order valence-corrected chi connectivity index (χ4v) is 5.19. The predicted molar refractivity (Wildman–Crippen MR) is 128 cm³/mol. The Labute approximate surface area is 190 Å². The van der Waals surface area contributed by atoms with Gasteiger partial charge in [0.05, 0.1) is 10.5 Å². The van der Waals surface area contributed by atoms with E-state index >= 15 is 0 Å². The summed E-state index contributed by atoms with van der Waals surface area (Å²) in [6.07, 6.45) is 2.09. The number of para-hydroxylation sites is 1. The smallest absolute Gasteiger partial charge is 0.227 e. The van der Waals surface area contributed by atoms with Gasteiger partial charge in [-0.25, -0.2) is 8.42 Å². The third-order valence-electron chi connectivity index (χ3n) is 5.59. The van der Waals surface area contributed by atoms with E-state index in [4.69, 9.17) is 0 Å². The number of rotatable bonds is 4. The first kappa shape index (κ1) is 23.9. The molecule has 0 spiro atoms. The molecule has 0 radical (unpaired) electrons. The Morgan fingerprint density at radius 2 is 1.97 bits per heavy atom. The lowest BCUT2D eigenvalue weighted by molar-refractivity contribution is -0.118. The van der Waals surface area contributed by atoms with Crippen molar-refractivity contribution in [2.75, 3.05) is 43.9 Å². The van der Waals surface area contributed by atoms with Crippen LogP contribution in [0.25, 0.3) is 0 Å². The number of hydrogen-bond acceptors (Lipinski definition) is 4. The van der Waals surface area contributed by atoms with Gasteiger partial charge in [0, 0.05) is 45.3 Å². The van der Waals surface area contributed by atoms with Crippen LogP contribution in [0, 0.1) is 0 Å². The Bertz CT molecular complexity index is 870. The van der Waals surface area contributed by atoms with Gasteiger partial charge in [0.25, 0.3) is 0 Å². The molecule has 29 heavy (non-hydrogen) atoms. The molecule has 7 nitrogen and oxygen atoms in total. The molecule has 1 aromatic rings. The normalized spacial score (nSPS) is 20.0. The predicted octanol–water partition coefficient (Wildman–Crippen LogP) is 2.06. The van der Waals surface area contributed by atoms with Crippen LogP contribution in [0.1, 0.15) is 32.3 Å². The first-order valence-corrected chi connectivity index (χ1v) is 11.5. The minimum atomic E-state index is -3.08. The maximum Gasteiger partial charge on any atom is 0.227 e. The largest absolute Gasteiger partial charge is 0.356 e. The van der Waals surface area contributed by atoms with Crippen molar-refractivity contribution in [1.29, 1.82) is 0 Å². The quantitative estimate of drug-likeness (QED) is 0.277. The summed E-state index contributed by atoms with van der Waals surface area (Å²) in [6.45, 7) is 5.75. The second kappa shape index (κ2) is 9.63. The van der Waals surface area contributed by atoms with Crippen molar-refractivity contribution in [2.45, 2.75) is 37.9 Å². The van der Waals surface area contributed by atoms with Gasteiger partial charge in [0.15, 0.2) is 15.8 Å². The first-order chi connectivity index (χ1) is 13.2. The second-order valence-corrected chi connectivity index (χ2v) is 10.7. The summed E-state index contributed by atoms with van der Waals surface area (Å²) in [4.78, 5) is 20.7. The monoisotopic (exact) mass is 534 g/mol. The lowest BCUT2D eigenvalue weighted by atomic mass is 10.2. The molecule has 1 aromatic carbocycles. The van der Waals surface area contributed by atoms with Crippen molar-refractivity contribution in [3.63, 3.8) is 0 Å². The topological polar surface area (TPSA) is 82.1 Å². The number of nitrogens with zero attached hydrogens (tertiary/aromatic N) is 3. The molecule has 1 fully saturated rings. The van der Waals surface area contributed by atoms with E-state index in [9.17, 15) is 13.2 Å². The highest BCUT2D eigenvalue weighted by molar-refractivity contribution is 14.0. The lowest BCUT2D eigenvalue weighted by Crippen LogP contribution is -2.57. The van der Waals surface area contributed by atoms with Crippen molar-refractivity contribution < 1.29 is 13.2 Å². The second-order valence-electron chi connectivity index (χ2n) is 8.00. The van der Waals surface area contributed by atoms with Gasteiger partial charge in [0.2, 0.25) is 5.91 Å². The van der Waals surface area contributed by atoms with Gasteiger partial charge in [-0.1, -0.05) is 18.2 Å². The molecule has 0 aromatic heterocycles. The van der Waals surface area contributed by atoms with Crippen LogP contribution in [0.4, 0.5) is 5.69 Å². The van der Waals surface area contributed by atoms with Crippen LogP contribution in [-0.4, -0.2) is 68.9 Å². The summed E-state index contributed by atoms with van der Waals surface area (Å²) < 4.78 is 23.6. The molecule has 1 N–H and O–H groups in total. The molecule has 2 aliphatic rings. The molecule has 0 atom stereocenters. The fourth-order valence-electron chi connectivity index (χ4n) is 3.83. The molecule has 9 heteroatoms. The molecular formula is C20H31IN4O3S. The van der Waals surface area contributed by atoms with Crippen molar-refractivity contribution in [3.8, 4) is 0 Å². The van der Waals surface area contributed by atoms with Crippen molar-refractivity contribution in [2.24, 2.45) is 4.99 Å². The van der Waals surface area contributed by atoms with Crippen molar-refractivity contribution in [1.82, 2.24) is 10.2 Å². The van der Waals surface area contributed by atoms with E-state index in [0.29, 0.717) is 38.4 Å². The SMILES string of the molecule is CN=C(NCCCC(=O)N1CCc2ccccc21)N1CCS(=O)(=O)C(C)(C)C1.I. The van der Waals surface area contributed by atoms with E-state index in [1.165, 1.54) is 5.56 Å². The molecule has 2 heterocycles. The van der Waals surface area contributed by atoms with Crippen LogP contribution in [0.3, 0.4) is 0 Å². The summed E-state index contributed by atoms with van der Waals surface area (Å²) in [5, 5.41) is 3.28. The van der Waals surface area contributed by atoms with E-state index in [-0.39, 0.29) is 35.6 Å². The van der Waals surface area contributed by atoms with E-state index in [1.807, 2.05) is 28.0 Å². The number of fused-ring (bicyclic) bond motifs is 1. The van der Waals surface area contributed by atoms with Crippen LogP contribution < -0.4 is 10.2 Å². The van der Waals surface area contributed by atoms with E-state index < -0.39 is 14.6 Å². The van der Waals surface area contributed by atoms with Crippen LogP contribution in [0.15, 0.2) is 29.3 Å². The molecule has 0 unspecified atom stereocenters. The van der Waals surface area contributed by atoms with Crippen LogP contribution in [0.5, 0.6) is 0 Å². The minimum Gasteiger partial charge on any atom is -0.356 e. The molecule has 2 aliphatic heterocycles. The van der Waals surface area contributed by atoms with Gasteiger partial charge in [-0.2, -0.15) is 0 Å². The minimum absolute atomic E-state index is 0. The Morgan fingerprint density at radius 3 is 2.66 bits per heavy atom. The Balaban J connectivity index is 0.00000300. The van der Waals surface area contributed by atoms with Gasteiger partial charge >= 0.3 is 0 Å². The molecule has 1 saturated heterocycles. The number of carbonyl (C=O) groups is 1. The standard InChI is InChI=1S/C20H30N4O3S.HI/c1-20(2)15-23(13-14-28(20,26)27)19(21-3)22-11-6-9-18(25)24-12-10-16-7-4-5-8-17(16)24;/h4-5,7-8H,6,9-15H2,1-3H3,(H,21,22);1H. The maximum absolute atomic E-state index is 12.6. The van der Waals surface area contributed by atoms with E-state index in [1.54, 1.807) is 20.9 Å². The third kappa shape index (κ3) is 5.22. The summed E-state index contributed by atoms with van der Waals surface area (Å²) in [5.41, 5.74) is 2.27. The Kier molecular flexibility index (Phi) is 7.94. The molecule has 0 saturated carbocycles. The fraction of sp³-hybridized carbons (Fsp3) is 0.600. The highest BCUT2D eigenvalue weighted by Crippen LogP contribution is 2.28. The third-order valence-corrected chi connectivity index (χ3v) is 8.13. The van der Waals surface area contributed by atoms with E-state index in [2.05, 4.69) is 16.4 Å². The number of hydrogen-bond donors (Lipinski definition) is 1. The summed E-state index contributed by atoms with van der Waals surface area (Å²) >= 11 is 0. The van der Waals surface area contributed by atoms with Gasteiger partial charge in [-0.15, -0.1) is 24.0 Å². The van der Waals surface area contributed by atoms with Crippen LogP contribution in [-0.2, 0) is 21.1 Å². The highest BCUT2D eigenvalue weighted by Gasteiger charge is 2.40. The summed E-state index contributed by atoms with van der Waals surface area (Å²) in [6, 6.07) is 8.06. The number of halogens is 1. The number of carbonyl (C=O) groups excluding carboxylic acids is 1. The van der Waals surface area contributed by atoms with Crippen LogP contribution in [0.2, 0.25) is 0 Å². The number of anilines is 1. The molecular weight excluding hydrogens is 503 g/mol. The highest BCUT2D eigenvalue weighted by atomic mass is 127. The summed E-state index contributed by atoms with van der Waals surface area (Å²) in [5.74, 6) is 0.974. The average Bonchev–Trinajstić information content (AvgIpc) is 3.08. The average molecular weight is 534 g/mol.